The normalized spacial score (nSPS) is 10.2. The second-order valence-corrected chi connectivity index (χ2v) is 4.11. The molecular formula is C15H13FO3. The van der Waals surface area contributed by atoms with Crippen LogP contribution in [-0.2, 0) is 22.6 Å². The zero-order valence-electron chi connectivity index (χ0n) is 10.2. The molecule has 0 fully saturated rings. The monoisotopic (exact) mass is 260 g/mol. The Labute approximate surface area is 110 Å². The molecule has 0 aliphatic heterocycles. The zero-order chi connectivity index (χ0) is 13.7. The maximum Gasteiger partial charge on any atom is 0.310 e. The van der Waals surface area contributed by atoms with Crippen LogP contribution in [0.1, 0.15) is 11.1 Å². The van der Waals surface area contributed by atoms with Crippen molar-refractivity contribution >= 4 is 5.97 Å². The Kier molecular flexibility index (Phi) is 4.13. The summed E-state index contributed by atoms with van der Waals surface area (Å²) in [5.74, 6) is -1.61. The van der Waals surface area contributed by atoms with Gasteiger partial charge in [0, 0.05) is 0 Å². The summed E-state index contributed by atoms with van der Waals surface area (Å²) >= 11 is 0. The van der Waals surface area contributed by atoms with E-state index in [1.165, 1.54) is 12.1 Å². The Hall–Kier alpha value is -2.36. The van der Waals surface area contributed by atoms with Gasteiger partial charge in [0.05, 0.1) is 6.42 Å². The van der Waals surface area contributed by atoms with E-state index in [2.05, 4.69) is 0 Å². The standard InChI is InChI=1S/C15H13FO3/c16-13-8-12(6-7-14(13)17)9-15(18)19-10-11-4-2-1-3-5-11/h1-8,17H,9-10H2. The smallest absolute Gasteiger partial charge is 0.310 e. The third-order valence-electron chi connectivity index (χ3n) is 2.60. The number of halogens is 1. The molecule has 4 heteroatoms. The largest absolute Gasteiger partial charge is 0.505 e. The van der Waals surface area contributed by atoms with E-state index in [4.69, 9.17) is 9.84 Å². The summed E-state index contributed by atoms with van der Waals surface area (Å²) in [6.07, 6.45) is -0.0238. The summed E-state index contributed by atoms with van der Waals surface area (Å²) in [5, 5.41) is 9.04. The molecule has 0 saturated heterocycles. The van der Waals surface area contributed by atoms with E-state index >= 15 is 0 Å². The molecular weight excluding hydrogens is 247 g/mol. The average Bonchev–Trinajstić information content (AvgIpc) is 2.42. The van der Waals surface area contributed by atoms with Crippen molar-refractivity contribution in [3.8, 4) is 5.75 Å². The molecule has 3 nitrogen and oxygen atoms in total. The summed E-state index contributed by atoms with van der Waals surface area (Å²) in [4.78, 5) is 11.6. The highest BCUT2D eigenvalue weighted by molar-refractivity contribution is 5.72. The Bertz CT molecular complexity index is 567. The zero-order valence-corrected chi connectivity index (χ0v) is 10.2. The Morgan fingerprint density at radius 1 is 1.11 bits per heavy atom. The Morgan fingerprint density at radius 3 is 2.53 bits per heavy atom. The highest BCUT2D eigenvalue weighted by atomic mass is 19.1. The van der Waals surface area contributed by atoms with Gasteiger partial charge in [0.1, 0.15) is 6.61 Å². The minimum absolute atomic E-state index is 0.0238. The summed E-state index contributed by atoms with van der Waals surface area (Å²) in [6, 6.07) is 13.1. The van der Waals surface area contributed by atoms with E-state index < -0.39 is 17.5 Å². The van der Waals surface area contributed by atoms with Crippen LogP contribution in [0.15, 0.2) is 48.5 Å². The van der Waals surface area contributed by atoms with E-state index in [1.807, 2.05) is 30.3 Å². The summed E-state index contributed by atoms with van der Waals surface area (Å²) in [5.41, 5.74) is 1.36. The summed E-state index contributed by atoms with van der Waals surface area (Å²) in [6.45, 7) is 0.195. The molecule has 0 aliphatic carbocycles. The van der Waals surface area contributed by atoms with Gasteiger partial charge in [0.15, 0.2) is 11.6 Å². The van der Waals surface area contributed by atoms with E-state index in [0.717, 1.165) is 11.6 Å². The number of esters is 1. The quantitative estimate of drug-likeness (QED) is 0.860. The van der Waals surface area contributed by atoms with Gasteiger partial charge in [-0.3, -0.25) is 4.79 Å². The molecule has 0 amide bonds. The van der Waals surface area contributed by atoms with Crippen molar-refractivity contribution in [2.75, 3.05) is 0 Å². The number of ether oxygens (including phenoxy) is 1. The van der Waals surface area contributed by atoms with Crippen LogP contribution >= 0.6 is 0 Å². The molecule has 0 bridgehead atoms. The first-order chi connectivity index (χ1) is 9.15. The lowest BCUT2D eigenvalue weighted by Crippen LogP contribution is -2.08. The molecule has 98 valence electrons. The van der Waals surface area contributed by atoms with Gasteiger partial charge in [-0.05, 0) is 23.3 Å². The fourth-order valence-corrected chi connectivity index (χ4v) is 1.62. The second-order valence-electron chi connectivity index (χ2n) is 4.11. The van der Waals surface area contributed by atoms with Gasteiger partial charge < -0.3 is 9.84 Å². The predicted octanol–water partition coefficient (Wildman–Crippen LogP) is 2.82. The number of carbonyl (C=O) groups is 1. The van der Waals surface area contributed by atoms with Crippen molar-refractivity contribution in [3.05, 3.63) is 65.5 Å². The van der Waals surface area contributed by atoms with Gasteiger partial charge >= 0.3 is 5.97 Å². The number of phenols is 1. The molecule has 0 aliphatic rings. The number of rotatable bonds is 4. The molecule has 0 atom stereocenters. The molecule has 0 radical (unpaired) electrons. The molecule has 2 rings (SSSR count). The van der Waals surface area contributed by atoms with Gasteiger partial charge in [-0.25, -0.2) is 4.39 Å². The van der Waals surface area contributed by atoms with E-state index in [9.17, 15) is 9.18 Å². The van der Waals surface area contributed by atoms with Crippen molar-refractivity contribution in [3.63, 3.8) is 0 Å². The third kappa shape index (κ3) is 3.81. The molecule has 0 aromatic heterocycles. The van der Waals surface area contributed by atoms with Crippen LogP contribution in [0.5, 0.6) is 5.75 Å². The topological polar surface area (TPSA) is 46.5 Å². The Morgan fingerprint density at radius 2 is 1.84 bits per heavy atom. The minimum Gasteiger partial charge on any atom is -0.505 e. The molecule has 0 heterocycles. The van der Waals surface area contributed by atoms with Crippen molar-refractivity contribution in [1.82, 2.24) is 0 Å². The number of benzene rings is 2. The van der Waals surface area contributed by atoms with E-state index in [1.54, 1.807) is 0 Å². The predicted molar refractivity (Wildman–Crippen MR) is 68.0 cm³/mol. The van der Waals surface area contributed by atoms with Crippen LogP contribution < -0.4 is 0 Å². The van der Waals surface area contributed by atoms with Gasteiger partial charge in [0.2, 0.25) is 0 Å². The summed E-state index contributed by atoms with van der Waals surface area (Å²) < 4.78 is 18.2. The first-order valence-corrected chi connectivity index (χ1v) is 5.82. The lowest BCUT2D eigenvalue weighted by atomic mass is 10.1. The molecule has 0 saturated carbocycles. The maximum atomic E-state index is 13.1. The van der Waals surface area contributed by atoms with Crippen LogP contribution in [-0.4, -0.2) is 11.1 Å². The van der Waals surface area contributed by atoms with Gasteiger partial charge in [-0.1, -0.05) is 36.4 Å². The number of carbonyl (C=O) groups excluding carboxylic acids is 1. The van der Waals surface area contributed by atoms with Gasteiger partial charge in [-0.15, -0.1) is 0 Å². The fourth-order valence-electron chi connectivity index (χ4n) is 1.62. The van der Waals surface area contributed by atoms with Crippen LogP contribution in [0.25, 0.3) is 0 Å². The van der Waals surface area contributed by atoms with Gasteiger partial charge in [-0.2, -0.15) is 0 Å². The van der Waals surface area contributed by atoms with E-state index in [-0.39, 0.29) is 13.0 Å². The highest BCUT2D eigenvalue weighted by Gasteiger charge is 2.08. The van der Waals surface area contributed by atoms with Crippen LogP contribution in [0, 0.1) is 5.82 Å². The first kappa shape index (κ1) is 13.1. The summed E-state index contributed by atoms with van der Waals surface area (Å²) in [7, 11) is 0. The van der Waals surface area contributed by atoms with Gasteiger partial charge in [0.25, 0.3) is 0 Å². The third-order valence-corrected chi connectivity index (χ3v) is 2.60. The fraction of sp³-hybridized carbons (Fsp3) is 0.133. The number of phenolic OH excluding ortho intramolecular Hbond substituents is 1. The molecule has 0 unspecified atom stereocenters. The maximum absolute atomic E-state index is 13.1. The molecule has 2 aromatic carbocycles. The molecule has 1 N–H and O–H groups in total. The number of aromatic hydroxyl groups is 1. The SMILES string of the molecule is O=C(Cc1ccc(O)c(F)c1)OCc1ccccc1. The lowest BCUT2D eigenvalue weighted by molar-refractivity contribution is -0.144. The Balaban J connectivity index is 1.89. The van der Waals surface area contributed by atoms with Crippen LogP contribution in [0.3, 0.4) is 0 Å². The minimum atomic E-state index is -0.742. The second kappa shape index (κ2) is 6.00. The molecule has 0 spiro atoms. The van der Waals surface area contributed by atoms with Crippen molar-refractivity contribution < 1.29 is 19.0 Å². The van der Waals surface area contributed by atoms with Crippen molar-refractivity contribution in [2.45, 2.75) is 13.0 Å². The highest BCUT2D eigenvalue weighted by Crippen LogP contribution is 2.16. The molecule has 2 aromatic rings. The average molecular weight is 260 g/mol. The molecule has 19 heavy (non-hydrogen) atoms. The van der Waals surface area contributed by atoms with Crippen LogP contribution in [0.4, 0.5) is 4.39 Å². The van der Waals surface area contributed by atoms with Crippen LogP contribution in [0.2, 0.25) is 0 Å². The van der Waals surface area contributed by atoms with Crippen molar-refractivity contribution in [2.24, 2.45) is 0 Å². The van der Waals surface area contributed by atoms with Crippen molar-refractivity contribution in [1.29, 1.82) is 0 Å². The number of hydrogen-bond acceptors (Lipinski definition) is 3. The first-order valence-electron chi connectivity index (χ1n) is 5.82. The van der Waals surface area contributed by atoms with E-state index in [0.29, 0.717) is 5.56 Å². The number of hydrogen-bond donors (Lipinski definition) is 1. The lowest BCUT2D eigenvalue weighted by Gasteiger charge is -2.05.